The molecule has 7 heteroatoms. The fraction of sp³-hybridized carbons (Fsp3) is 0.444. The number of dihydropyridines is 1. The van der Waals surface area contributed by atoms with Crippen LogP contribution in [0.15, 0.2) is 40.2 Å². The number of allylic oxidation sites excluding steroid dienone is 1. The summed E-state index contributed by atoms with van der Waals surface area (Å²) in [7, 11) is 1.30. The summed E-state index contributed by atoms with van der Waals surface area (Å²) in [6.45, 7) is 1.77. The van der Waals surface area contributed by atoms with E-state index in [0.717, 1.165) is 30.6 Å². The van der Waals surface area contributed by atoms with Crippen molar-refractivity contribution in [1.29, 1.82) is 0 Å². The van der Waals surface area contributed by atoms with Gasteiger partial charge in [-0.2, -0.15) is 0 Å². The number of nitrogens with two attached hydrogens (primary N) is 1. The first-order chi connectivity index (χ1) is 12.0. The highest BCUT2D eigenvalue weighted by Gasteiger charge is 2.39. The third-order valence-electron chi connectivity index (χ3n) is 4.62. The quantitative estimate of drug-likeness (QED) is 0.800. The van der Waals surface area contributed by atoms with Gasteiger partial charge in [0, 0.05) is 10.6 Å². The van der Waals surface area contributed by atoms with Crippen molar-refractivity contribution in [3.05, 3.63) is 45.1 Å². The summed E-state index contributed by atoms with van der Waals surface area (Å²) in [4.78, 5) is 26.1. The van der Waals surface area contributed by atoms with Crippen LogP contribution in [0.4, 0.5) is 0 Å². The van der Waals surface area contributed by atoms with Crippen molar-refractivity contribution < 1.29 is 19.1 Å². The first-order valence-corrected chi connectivity index (χ1v) is 9.21. The molecule has 0 bridgehead atoms. The van der Waals surface area contributed by atoms with Gasteiger partial charge >= 0.3 is 11.9 Å². The largest absolute Gasteiger partial charge is 0.466 e. The molecule has 2 aliphatic rings. The molecule has 1 aromatic heterocycles. The predicted octanol–water partition coefficient (Wildman–Crippen LogP) is 2.54. The first-order valence-electron chi connectivity index (χ1n) is 8.33. The maximum absolute atomic E-state index is 12.9. The summed E-state index contributed by atoms with van der Waals surface area (Å²) in [5, 5.41) is 4.83. The molecule has 0 aromatic carbocycles. The Labute approximate surface area is 150 Å². The molecule has 1 atom stereocenters. The van der Waals surface area contributed by atoms with E-state index in [0.29, 0.717) is 11.3 Å². The number of rotatable bonds is 4. The number of thiophene rings is 1. The predicted molar refractivity (Wildman–Crippen MR) is 94.5 cm³/mol. The van der Waals surface area contributed by atoms with E-state index in [-0.39, 0.29) is 17.5 Å². The Kier molecular flexibility index (Phi) is 5.13. The molecule has 25 heavy (non-hydrogen) atoms. The number of carbonyl (C=O) groups is 2. The van der Waals surface area contributed by atoms with Crippen LogP contribution in [-0.2, 0) is 19.1 Å². The van der Waals surface area contributed by atoms with E-state index in [4.69, 9.17) is 15.2 Å². The number of methoxy groups -OCH3 is 1. The third-order valence-corrected chi connectivity index (χ3v) is 5.56. The zero-order valence-electron chi connectivity index (χ0n) is 14.3. The fourth-order valence-corrected chi connectivity index (χ4v) is 4.27. The molecular weight excluding hydrogens is 340 g/mol. The summed E-state index contributed by atoms with van der Waals surface area (Å²) in [5.74, 6) is -1.32. The van der Waals surface area contributed by atoms with Crippen molar-refractivity contribution in [1.82, 2.24) is 5.32 Å². The number of nitrogens with one attached hydrogen (secondary N) is 1. The highest BCUT2D eigenvalue weighted by Crippen LogP contribution is 2.40. The molecule has 1 saturated carbocycles. The number of carbonyl (C=O) groups excluding carboxylic acids is 2. The van der Waals surface area contributed by atoms with Gasteiger partial charge in [-0.3, -0.25) is 0 Å². The van der Waals surface area contributed by atoms with Crippen LogP contribution in [0.2, 0.25) is 0 Å². The van der Waals surface area contributed by atoms with Gasteiger partial charge in [-0.15, -0.1) is 11.3 Å². The van der Waals surface area contributed by atoms with E-state index in [1.807, 2.05) is 17.5 Å². The summed E-state index contributed by atoms with van der Waals surface area (Å²) in [6, 6.07) is 3.76. The van der Waals surface area contributed by atoms with Gasteiger partial charge in [0.15, 0.2) is 0 Å². The van der Waals surface area contributed by atoms with Crippen LogP contribution in [0.3, 0.4) is 0 Å². The van der Waals surface area contributed by atoms with E-state index in [1.165, 1.54) is 18.4 Å². The van der Waals surface area contributed by atoms with Gasteiger partial charge in [-0.05, 0) is 44.1 Å². The standard InChI is InChI=1S/C18H22N2O4S/c1-10-13(18(22)24-11-6-3-4-7-11)14(12-8-5-9-25-12)15(16(19)20-10)17(21)23-2/h5,8-9,11,14,20H,3-4,6-7,19H2,1-2H3. The van der Waals surface area contributed by atoms with Gasteiger partial charge in [0.1, 0.15) is 11.9 Å². The number of esters is 2. The van der Waals surface area contributed by atoms with Crippen molar-refractivity contribution in [3.63, 3.8) is 0 Å². The molecule has 3 rings (SSSR count). The summed E-state index contributed by atoms with van der Waals surface area (Å²) < 4.78 is 10.6. The zero-order valence-corrected chi connectivity index (χ0v) is 15.2. The lowest BCUT2D eigenvalue weighted by Crippen LogP contribution is -2.36. The Morgan fingerprint density at radius 2 is 1.96 bits per heavy atom. The van der Waals surface area contributed by atoms with Gasteiger partial charge < -0.3 is 20.5 Å². The molecule has 3 N–H and O–H groups in total. The van der Waals surface area contributed by atoms with Crippen LogP contribution >= 0.6 is 11.3 Å². The highest BCUT2D eigenvalue weighted by molar-refractivity contribution is 7.10. The third kappa shape index (κ3) is 3.42. The normalized spacial score (nSPS) is 21.3. The van der Waals surface area contributed by atoms with Crippen molar-refractivity contribution in [2.45, 2.75) is 44.6 Å². The lowest BCUT2D eigenvalue weighted by molar-refractivity contribution is -0.144. The van der Waals surface area contributed by atoms with Crippen molar-refractivity contribution >= 4 is 23.3 Å². The Morgan fingerprint density at radius 3 is 2.56 bits per heavy atom. The molecular formula is C18H22N2O4S. The number of hydrogen-bond donors (Lipinski definition) is 2. The monoisotopic (exact) mass is 362 g/mol. The number of hydrogen-bond acceptors (Lipinski definition) is 7. The van der Waals surface area contributed by atoms with Crippen LogP contribution in [0.25, 0.3) is 0 Å². The fourth-order valence-electron chi connectivity index (χ4n) is 3.42. The second-order valence-corrected chi connectivity index (χ2v) is 7.22. The Balaban J connectivity index is 2.00. The van der Waals surface area contributed by atoms with E-state index in [1.54, 1.807) is 6.92 Å². The molecule has 0 amide bonds. The summed E-state index contributed by atoms with van der Waals surface area (Å²) >= 11 is 1.46. The number of ether oxygens (including phenoxy) is 2. The molecule has 1 aromatic rings. The van der Waals surface area contributed by atoms with E-state index in [2.05, 4.69) is 5.32 Å². The molecule has 0 saturated heterocycles. The average Bonchev–Trinajstić information content (AvgIpc) is 3.26. The highest BCUT2D eigenvalue weighted by atomic mass is 32.1. The van der Waals surface area contributed by atoms with Crippen LogP contribution in [0.1, 0.15) is 43.4 Å². The van der Waals surface area contributed by atoms with Crippen molar-refractivity contribution in [3.8, 4) is 0 Å². The molecule has 6 nitrogen and oxygen atoms in total. The second kappa shape index (κ2) is 7.31. The second-order valence-electron chi connectivity index (χ2n) is 6.24. The smallest absolute Gasteiger partial charge is 0.338 e. The van der Waals surface area contributed by atoms with Crippen LogP contribution in [-0.4, -0.2) is 25.2 Å². The van der Waals surface area contributed by atoms with Crippen LogP contribution in [0.5, 0.6) is 0 Å². The van der Waals surface area contributed by atoms with Gasteiger partial charge in [0.25, 0.3) is 0 Å². The lowest BCUT2D eigenvalue weighted by Gasteiger charge is -2.29. The van der Waals surface area contributed by atoms with Gasteiger partial charge in [-0.1, -0.05) is 6.07 Å². The molecule has 0 spiro atoms. The molecule has 0 radical (unpaired) electrons. The maximum Gasteiger partial charge on any atom is 0.338 e. The average molecular weight is 362 g/mol. The topological polar surface area (TPSA) is 90.6 Å². The minimum atomic E-state index is -0.581. The molecule has 1 aliphatic heterocycles. The van der Waals surface area contributed by atoms with Gasteiger partial charge in [-0.25, -0.2) is 9.59 Å². The minimum Gasteiger partial charge on any atom is -0.466 e. The molecule has 2 heterocycles. The SMILES string of the molecule is COC(=O)C1=C(N)NC(C)=C(C(=O)OC2CCCC2)C1c1cccs1. The lowest BCUT2D eigenvalue weighted by atomic mass is 9.85. The molecule has 134 valence electrons. The minimum absolute atomic E-state index is 0.0541. The summed E-state index contributed by atoms with van der Waals surface area (Å²) in [5.41, 5.74) is 7.32. The van der Waals surface area contributed by atoms with Crippen LogP contribution in [0, 0.1) is 0 Å². The Morgan fingerprint density at radius 1 is 1.24 bits per heavy atom. The van der Waals surface area contributed by atoms with E-state index < -0.39 is 17.9 Å². The maximum atomic E-state index is 12.9. The Bertz CT molecular complexity index is 730. The van der Waals surface area contributed by atoms with Gasteiger partial charge in [0.05, 0.1) is 24.2 Å². The molecule has 1 unspecified atom stereocenters. The molecule has 1 aliphatic carbocycles. The van der Waals surface area contributed by atoms with Crippen LogP contribution < -0.4 is 11.1 Å². The summed E-state index contributed by atoms with van der Waals surface area (Å²) in [6.07, 6.45) is 3.86. The first kappa shape index (κ1) is 17.5. The zero-order chi connectivity index (χ0) is 18.0. The van der Waals surface area contributed by atoms with E-state index >= 15 is 0 Å². The van der Waals surface area contributed by atoms with Crippen molar-refractivity contribution in [2.24, 2.45) is 5.73 Å². The molecule has 1 fully saturated rings. The Hall–Kier alpha value is -2.28. The van der Waals surface area contributed by atoms with E-state index in [9.17, 15) is 9.59 Å². The van der Waals surface area contributed by atoms with Gasteiger partial charge in [0.2, 0.25) is 0 Å². The van der Waals surface area contributed by atoms with Crippen molar-refractivity contribution in [2.75, 3.05) is 7.11 Å².